The molecule has 0 unspecified atom stereocenters. The summed E-state index contributed by atoms with van der Waals surface area (Å²) in [6, 6.07) is 22.7. The van der Waals surface area contributed by atoms with Crippen molar-refractivity contribution in [3.05, 3.63) is 88.8 Å². The van der Waals surface area contributed by atoms with E-state index >= 15 is 0 Å². The van der Waals surface area contributed by atoms with E-state index in [1.165, 1.54) is 4.57 Å². The fraction of sp³-hybridized carbons (Fsp3) is 0.192. The van der Waals surface area contributed by atoms with E-state index in [0.717, 1.165) is 16.9 Å². The molecule has 4 aromatic rings. The Hall–Kier alpha value is -3.93. The molecule has 3 aromatic carbocycles. The topological polar surface area (TPSA) is 81.4 Å². The van der Waals surface area contributed by atoms with Crippen LogP contribution in [-0.4, -0.2) is 20.6 Å². The number of rotatable bonds is 5. The Morgan fingerprint density at radius 3 is 2.19 bits per heavy atom. The summed E-state index contributed by atoms with van der Waals surface area (Å²) in [5, 5.41) is 9.39. The van der Waals surface area contributed by atoms with Gasteiger partial charge in [0.2, 0.25) is 0 Å². The molecule has 0 fully saturated rings. The van der Waals surface area contributed by atoms with E-state index in [1.807, 2.05) is 93.6 Å². The third-order valence-corrected chi connectivity index (χ3v) is 5.12. The lowest BCUT2D eigenvalue weighted by molar-refractivity contribution is -0.137. The van der Waals surface area contributed by atoms with Crippen molar-refractivity contribution in [2.45, 2.75) is 32.7 Å². The summed E-state index contributed by atoms with van der Waals surface area (Å²) in [4.78, 5) is 29.1. The maximum absolute atomic E-state index is 13.1. The molecule has 0 radical (unpaired) electrons. The van der Waals surface area contributed by atoms with Gasteiger partial charge in [0, 0.05) is 5.41 Å². The molecule has 0 aliphatic rings. The number of para-hydroxylation sites is 1. The maximum atomic E-state index is 13.1. The number of carbonyl (C=O) groups is 1. The van der Waals surface area contributed by atoms with Gasteiger partial charge >= 0.3 is 5.97 Å². The predicted octanol–water partition coefficient (Wildman–Crippen LogP) is 5.24. The molecule has 0 saturated carbocycles. The number of nitrogens with zero attached hydrogens (tertiary/aromatic N) is 2. The van der Waals surface area contributed by atoms with Gasteiger partial charge in [-0.05, 0) is 47.5 Å². The second kappa shape index (κ2) is 8.30. The van der Waals surface area contributed by atoms with E-state index in [-0.39, 0.29) is 5.56 Å². The van der Waals surface area contributed by atoms with E-state index in [4.69, 9.17) is 4.74 Å². The molecule has 1 heterocycles. The molecule has 32 heavy (non-hydrogen) atoms. The van der Waals surface area contributed by atoms with Gasteiger partial charge in [-0.25, -0.2) is 4.98 Å². The van der Waals surface area contributed by atoms with Crippen LogP contribution in [0.15, 0.2) is 77.6 Å². The highest BCUT2D eigenvalue weighted by Gasteiger charge is 2.23. The molecule has 0 spiro atoms. The van der Waals surface area contributed by atoms with Crippen molar-refractivity contribution >= 4 is 17.0 Å². The SMILES string of the molecule is CC(C)(C)c1nc2ccc(-c3ccc(Oc4ccccc4)cc3)cc2n(CC(=O)O)c1=O. The zero-order chi connectivity index (χ0) is 22.9. The van der Waals surface area contributed by atoms with Gasteiger partial charge in [0.05, 0.1) is 11.0 Å². The van der Waals surface area contributed by atoms with Gasteiger partial charge in [-0.15, -0.1) is 0 Å². The molecule has 0 saturated heterocycles. The van der Waals surface area contributed by atoms with Crippen LogP contribution >= 0.6 is 0 Å². The van der Waals surface area contributed by atoms with Gasteiger partial charge in [-0.3, -0.25) is 14.2 Å². The second-order valence-corrected chi connectivity index (χ2v) is 8.64. The number of carboxylic acids is 1. The van der Waals surface area contributed by atoms with Crippen molar-refractivity contribution in [3.8, 4) is 22.6 Å². The molecular weight excluding hydrogens is 404 g/mol. The molecule has 162 valence electrons. The second-order valence-electron chi connectivity index (χ2n) is 8.64. The van der Waals surface area contributed by atoms with Crippen LogP contribution in [0.3, 0.4) is 0 Å². The summed E-state index contributed by atoms with van der Waals surface area (Å²) >= 11 is 0. The average molecular weight is 428 g/mol. The first-order valence-electron chi connectivity index (χ1n) is 10.3. The van der Waals surface area contributed by atoms with Crippen molar-refractivity contribution in [1.29, 1.82) is 0 Å². The highest BCUT2D eigenvalue weighted by Crippen LogP contribution is 2.28. The smallest absolute Gasteiger partial charge is 0.323 e. The number of aliphatic carboxylic acids is 1. The predicted molar refractivity (Wildman–Crippen MR) is 124 cm³/mol. The van der Waals surface area contributed by atoms with E-state index in [1.54, 1.807) is 0 Å². The van der Waals surface area contributed by atoms with Crippen LogP contribution in [0.1, 0.15) is 26.5 Å². The van der Waals surface area contributed by atoms with Gasteiger partial charge in [0.1, 0.15) is 23.7 Å². The highest BCUT2D eigenvalue weighted by molar-refractivity contribution is 5.83. The Morgan fingerprint density at radius 1 is 0.938 bits per heavy atom. The largest absolute Gasteiger partial charge is 0.480 e. The van der Waals surface area contributed by atoms with E-state index in [2.05, 4.69) is 4.98 Å². The van der Waals surface area contributed by atoms with Crippen molar-refractivity contribution in [1.82, 2.24) is 9.55 Å². The molecule has 0 atom stereocenters. The highest BCUT2D eigenvalue weighted by atomic mass is 16.5. The minimum atomic E-state index is -1.08. The molecule has 0 bridgehead atoms. The summed E-state index contributed by atoms with van der Waals surface area (Å²) < 4.78 is 7.14. The normalized spacial score (nSPS) is 11.5. The van der Waals surface area contributed by atoms with E-state index in [0.29, 0.717) is 22.5 Å². The zero-order valence-corrected chi connectivity index (χ0v) is 18.2. The lowest BCUT2D eigenvalue weighted by Gasteiger charge is -2.20. The molecule has 0 aliphatic heterocycles. The van der Waals surface area contributed by atoms with E-state index in [9.17, 15) is 14.7 Å². The first-order valence-corrected chi connectivity index (χ1v) is 10.3. The number of ether oxygens (including phenoxy) is 1. The monoisotopic (exact) mass is 428 g/mol. The van der Waals surface area contributed by atoms with Crippen molar-refractivity contribution in [3.63, 3.8) is 0 Å². The Morgan fingerprint density at radius 2 is 1.56 bits per heavy atom. The average Bonchev–Trinajstić information content (AvgIpc) is 2.75. The Balaban J connectivity index is 1.76. The summed E-state index contributed by atoms with van der Waals surface area (Å²) in [5.74, 6) is 0.386. The first kappa shape index (κ1) is 21.3. The lowest BCUT2D eigenvalue weighted by atomic mass is 9.92. The van der Waals surface area contributed by atoms with Crippen molar-refractivity contribution in [2.75, 3.05) is 0 Å². The quantitative estimate of drug-likeness (QED) is 0.470. The summed E-state index contributed by atoms with van der Waals surface area (Å²) in [5.41, 5.74) is 2.32. The lowest BCUT2D eigenvalue weighted by Crippen LogP contribution is -2.34. The van der Waals surface area contributed by atoms with Crippen LogP contribution in [0, 0.1) is 0 Å². The Bertz CT molecular complexity index is 1330. The molecule has 4 rings (SSSR count). The van der Waals surface area contributed by atoms with E-state index < -0.39 is 17.9 Å². The minimum absolute atomic E-state index is 0.349. The third-order valence-electron chi connectivity index (χ3n) is 5.12. The summed E-state index contributed by atoms with van der Waals surface area (Å²) in [6.07, 6.45) is 0. The van der Waals surface area contributed by atoms with Crippen LogP contribution in [0.25, 0.3) is 22.2 Å². The van der Waals surface area contributed by atoms with Crippen LogP contribution < -0.4 is 10.3 Å². The number of benzene rings is 3. The number of carboxylic acid groups (broad SMARTS) is 1. The number of hydrogen-bond donors (Lipinski definition) is 1. The molecule has 1 aromatic heterocycles. The van der Waals surface area contributed by atoms with Crippen LogP contribution in [-0.2, 0) is 16.8 Å². The standard InChI is InChI=1S/C26H24N2O4/c1-26(2,3)24-25(31)28(16-23(29)30)22-15-18(11-14-21(22)27-24)17-9-12-20(13-10-17)32-19-7-5-4-6-8-19/h4-15H,16H2,1-3H3,(H,29,30). The van der Waals surface area contributed by atoms with Crippen molar-refractivity contribution in [2.24, 2.45) is 0 Å². The summed E-state index contributed by atoms with van der Waals surface area (Å²) in [7, 11) is 0. The number of fused-ring (bicyclic) bond motifs is 1. The molecule has 6 heteroatoms. The van der Waals surface area contributed by atoms with Crippen LogP contribution in [0.5, 0.6) is 11.5 Å². The van der Waals surface area contributed by atoms with Gasteiger partial charge < -0.3 is 9.84 Å². The van der Waals surface area contributed by atoms with Crippen LogP contribution in [0.2, 0.25) is 0 Å². The van der Waals surface area contributed by atoms with Gasteiger partial charge in [0.25, 0.3) is 5.56 Å². The summed E-state index contributed by atoms with van der Waals surface area (Å²) in [6.45, 7) is 5.25. The van der Waals surface area contributed by atoms with Gasteiger partial charge in [-0.1, -0.05) is 57.2 Å². The fourth-order valence-electron chi connectivity index (χ4n) is 3.54. The Kier molecular flexibility index (Phi) is 5.53. The Labute approximate surface area is 185 Å². The number of hydrogen-bond acceptors (Lipinski definition) is 4. The third kappa shape index (κ3) is 4.39. The molecule has 6 nitrogen and oxygen atoms in total. The first-order chi connectivity index (χ1) is 15.2. The zero-order valence-electron chi connectivity index (χ0n) is 18.2. The minimum Gasteiger partial charge on any atom is -0.480 e. The van der Waals surface area contributed by atoms with Crippen molar-refractivity contribution < 1.29 is 14.6 Å². The fourth-order valence-corrected chi connectivity index (χ4v) is 3.54. The molecule has 1 N–H and O–H groups in total. The number of aromatic nitrogens is 2. The van der Waals surface area contributed by atoms with Gasteiger partial charge in [-0.2, -0.15) is 0 Å². The van der Waals surface area contributed by atoms with Gasteiger partial charge in [0.15, 0.2) is 0 Å². The maximum Gasteiger partial charge on any atom is 0.323 e. The molecule has 0 amide bonds. The van der Waals surface area contributed by atoms with Crippen LogP contribution in [0.4, 0.5) is 0 Å². The molecular formula is C26H24N2O4. The molecule has 0 aliphatic carbocycles.